The van der Waals surface area contributed by atoms with Crippen LogP contribution < -0.4 is 5.43 Å². The summed E-state index contributed by atoms with van der Waals surface area (Å²) in [4.78, 5) is 14.8. The van der Waals surface area contributed by atoms with Crippen molar-refractivity contribution in [3.05, 3.63) is 60.2 Å². The summed E-state index contributed by atoms with van der Waals surface area (Å²) < 4.78 is 12.9. The van der Waals surface area contributed by atoms with E-state index >= 15 is 0 Å². The van der Waals surface area contributed by atoms with Gasteiger partial charge in [0, 0.05) is 12.6 Å². The van der Waals surface area contributed by atoms with E-state index in [1.165, 1.54) is 12.1 Å². The van der Waals surface area contributed by atoms with Crippen molar-refractivity contribution in [1.82, 2.24) is 4.98 Å². The number of carbonyl (C=O) groups is 1. The average molecular weight is 315 g/mol. The second-order valence-electron chi connectivity index (χ2n) is 4.99. The predicted molar refractivity (Wildman–Crippen MR) is 86.9 cm³/mol. The van der Waals surface area contributed by atoms with Crippen LogP contribution in [0.1, 0.15) is 31.4 Å². The van der Waals surface area contributed by atoms with Gasteiger partial charge in [-0.1, -0.05) is 6.07 Å². The van der Waals surface area contributed by atoms with Crippen LogP contribution in [-0.4, -0.2) is 21.8 Å². The van der Waals surface area contributed by atoms with Crippen molar-refractivity contribution in [3.8, 4) is 0 Å². The minimum Gasteiger partial charge on any atom is -0.481 e. The van der Waals surface area contributed by atoms with Gasteiger partial charge in [-0.15, -0.1) is 0 Å². The first-order valence-electron chi connectivity index (χ1n) is 7.36. The van der Waals surface area contributed by atoms with E-state index in [2.05, 4.69) is 15.5 Å². The highest BCUT2D eigenvalue weighted by molar-refractivity contribution is 5.99. The van der Waals surface area contributed by atoms with E-state index in [0.717, 1.165) is 11.4 Å². The fraction of sp³-hybridized carbons (Fsp3) is 0.235. The Morgan fingerprint density at radius 1 is 1.13 bits per heavy atom. The zero-order valence-electron chi connectivity index (χ0n) is 12.6. The van der Waals surface area contributed by atoms with Gasteiger partial charge in [0.25, 0.3) is 0 Å². The number of hydrogen-bond acceptors (Lipinski definition) is 4. The van der Waals surface area contributed by atoms with Crippen LogP contribution in [0.25, 0.3) is 0 Å². The van der Waals surface area contributed by atoms with Crippen LogP contribution in [0.3, 0.4) is 0 Å². The standard InChI is InChI=1S/C17H18FN3O2/c18-13-8-10-14(11-9-13)20-21-16(6-1-2-7-17(22)23)15-5-3-4-12-19-15/h3-5,8-12,20H,1-2,6-7H2,(H,22,23). The number of hydrogen-bond donors (Lipinski definition) is 2. The highest BCUT2D eigenvalue weighted by atomic mass is 19.1. The number of carboxylic acids is 1. The predicted octanol–water partition coefficient (Wildman–Crippen LogP) is 3.68. The Morgan fingerprint density at radius 2 is 1.87 bits per heavy atom. The molecule has 0 atom stereocenters. The summed E-state index contributed by atoms with van der Waals surface area (Å²) in [5, 5.41) is 13.0. The Bertz CT molecular complexity index is 657. The number of carboxylic acid groups (broad SMARTS) is 1. The molecule has 0 unspecified atom stereocenters. The summed E-state index contributed by atoms with van der Waals surface area (Å²) >= 11 is 0. The lowest BCUT2D eigenvalue weighted by Crippen LogP contribution is -2.07. The van der Waals surface area contributed by atoms with Gasteiger partial charge in [-0.05, 0) is 55.7 Å². The Kier molecular flexibility index (Phi) is 6.23. The third kappa shape index (κ3) is 5.86. The van der Waals surface area contributed by atoms with E-state index in [9.17, 15) is 9.18 Å². The molecular weight excluding hydrogens is 297 g/mol. The van der Waals surface area contributed by atoms with Crippen molar-refractivity contribution in [2.45, 2.75) is 25.7 Å². The van der Waals surface area contributed by atoms with Gasteiger partial charge in [0.2, 0.25) is 0 Å². The number of benzene rings is 1. The van der Waals surface area contributed by atoms with Crippen molar-refractivity contribution >= 4 is 17.4 Å². The van der Waals surface area contributed by atoms with Gasteiger partial charge in [0.05, 0.1) is 17.1 Å². The molecule has 0 aliphatic heterocycles. The molecule has 0 bridgehead atoms. The summed E-state index contributed by atoms with van der Waals surface area (Å²) in [5.74, 6) is -1.11. The third-order valence-electron chi connectivity index (χ3n) is 3.18. The lowest BCUT2D eigenvalue weighted by atomic mass is 10.1. The maximum atomic E-state index is 12.9. The Labute approximate surface area is 133 Å². The van der Waals surface area contributed by atoms with Crippen molar-refractivity contribution in [2.24, 2.45) is 5.10 Å². The van der Waals surface area contributed by atoms with Gasteiger partial charge in [-0.3, -0.25) is 15.2 Å². The van der Waals surface area contributed by atoms with E-state index in [1.54, 1.807) is 18.3 Å². The largest absolute Gasteiger partial charge is 0.481 e. The second-order valence-corrected chi connectivity index (χ2v) is 4.99. The number of aliphatic carboxylic acids is 1. The number of unbranched alkanes of at least 4 members (excludes halogenated alkanes) is 1. The Morgan fingerprint density at radius 3 is 2.52 bits per heavy atom. The van der Waals surface area contributed by atoms with Gasteiger partial charge >= 0.3 is 5.97 Å². The van der Waals surface area contributed by atoms with Crippen LogP contribution in [0, 0.1) is 5.82 Å². The second kappa shape index (κ2) is 8.63. The molecule has 0 saturated carbocycles. The normalized spacial score (nSPS) is 11.3. The Hall–Kier alpha value is -2.76. The number of anilines is 1. The molecule has 23 heavy (non-hydrogen) atoms. The van der Waals surface area contributed by atoms with Gasteiger partial charge in [-0.2, -0.15) is 5.10 Å². The maximum Gasteiger partial charge on any atom is 0.303 e. The number of halogens is 1. The number of nitrogens with zero attached hydrogens (tertiary/aromatic N) is 2. The smallest absolute Gasteiger partial charge is 0.303 e. The van der Waals surface area contributed by atoms with Gasteiger partial charge in [-0.25, -0.2) is 4.39 Å². The molecule has 2 aromatic rings. The summed E-state index contributed by atoms with van der Waals surface area (Å²) in [5.41, 5.74) is 5.03. The fourth-order valence-corrected chi connectivity index (χ4v) is 2.00. The quantitative estimate of drug-likeness (QED) is 0.443. The van der Waals surface area contributed by atoms with Crippen LogP contribution in [0.5, 0.6) is 0 Å². The van der Waals surface area contributed by atoms with Gasteiger partial charge in [0.15, 0.2) is 0 Å². The van der Waals surface area contributed by atoms with E-state index < -0.39 is 5.97 Å². The molecule has 1 aromatic carbocycles. The average Bonchev–Trinajstić information content (AvgIpc) is 2.56. The number of pyridine rings is 1. The van der Waals surface area contributed by atoms with Crippen LogP contribution in [-0.2, 0) is 4.79 Å². The first kappa shape index (κ1) is 16.6. The Balaban J connectivity index is 2.04. The van der Waals surface area contributed by atoms with E-state index in [4.69, 9.17) is 5.11 Å². The highest BCUT2D eigenvalue weighted by Gasteiger charge is 2.06. The summed E-state index contributed by atoms with van der Waals surface area (Å²) in [6, 6.07) is 11.4. The lowest BCUT2D eigenvalue weighted by molar-refractivity contribution is -0.137. The van der Waals surface area contributed by atoms with Crippen molar-refractivity contribution < 1.29 is 14.3 Å². The molecule has 0 fully saturated rings. The number of hydrazone groups is 1. The zero-order chi connectivity index (χ0) is 16.5. The van der Waals surface area contributed by atoms with Crippen LogP contribution >= 0.6 is 0 Å². The van der Waals surface area contributed by atoms with E-state index in [1.807, 2.05) is 18.2 Å². The van der Waals surface area contributed by atoms with E-state index in [-0.39, 0.29) is 12.2 Å². The molecule has 0 saturated heterocycles. The number of nitrogens with one attached hydrogen (secondary N) is 1. The van der Waals surface area contributed by atoms with Gasteiger partial charge in [0.1, 0.15) is 5.82 Å². The molecule has 0 aliphatic carbocycles. The number of rotatable bonds is 8. The first-order chi connectivity index (χ1) is 11.1. The van der Waals surface area contributed by atoms with Crippen LogP contribution in [0.2, 0.25) is 0 Å². The summed E-state index contributed by atoms with van der Waals surface area (Å²) in [7, 11) is 0. The molecule has 5 nitrogen and oxygen atoms in total. The monoisotopic (exact) mass is 315 g/mol. The lowest BCUT2D eigenvalue weighted by Gasteiger charge is -2.07. The van der Waals surface area contributed by atoms with Crippen molar-refractivity contribution in [1.29, 1.82) is 0 Å². The molecule has 1 aromatic heterocycles. The third-order valence-corrected chi connectivity index (χ3v) is 3.18. The summed E-state index contributed by atoms with van der Waals surface area (Å²) in [6.45, 7) is 0. The topological polar surface area (TPSA) is 74.6 Å². The minimum absolute atomic E-state index is 0.140. The molecule has 0 radical (unpaired) electrons. The molecule has 0 amide bonds. The van der Waals surface area contributed by atoms with Crippen LogP contribution in [0.4, 0.5) is 10.1 Å². The molecule has 6 heteroatoms. The molecule has 120 valence electrons. The maximum absolute atomic E-state index is 12.9. The zero-order valence-corrected chi connectivity index (χ0v) is 12.6. The van der Waals surface area contributed by atoms with E-state index in [0.29, 0.717) is 24.9 Å². The van der Waals surface area contributed by atoms with Crippen LogP contribution in [0.15, 0.2) is 53.8 Å². The van der Waals surface area contributed by atoms with Crippen molar-refractivity contribution in [2.75, 3.05) is 5.43 Å². The first-order valence-corrected chi connectivity index (χ1v) is 7.36. The minimum atomic E-state index is -0.800. The van der Waals surface area contributed by atoms with Crippen molar-refractivity contribution in [3.63, 3.8) is 0 Å². The summed E-state index contributed by atoms with van der Waals surface area (Å²) in [6.07, 6.45) is 3.71. The number of aromatic nitrogens is 1. The molecule has 0 spiro atoms. The molecule has 0 aliphatic rings. The molecule has 2 N–H and O–H groups in total. The molecular formula is C17H18FN3O2. The SMILES string of the molecule is O=C(O)CCCCC(=NNc1ccc(F)cc1)c1ccccn1. The highest BCUT2D eigenvalue weighted by Crippen LogP contribution is 2.11. The molecule has 2 rings (SSSR count). The molecule has 1 heterocycles. The fourth-order valence-electron chi connectivity index (χ4n) is 2.00. The van der Waals surface area contributed by atoms with Gasteiger partial charge < -0.3 is 5.11 Å².